The molecule has 1 nitrogen and oxygen atoms in total. The van der Waals surface area contributed by atoms with E-state index in [4.69, 9.17) is 4.74 Å². The highest BCUT2D eigenvalue weighted by molar-refractivity contribution is 4.91. The average Bonchev–Trinajstić information content (AvgIpc) is 1.92. The molecule has 14 heavy (non-hydrogen) atoms. The Bertz CT molecular complexity index is 167. The van der Waals surface area contributed by atoms with Crippen molar-refractivity contribution in [1.29, 1.82) is 0 Å². The molecule has 0 N–H and O–H groups in total. The highest BCUT2D eigenvalue weighted by Crippen LogP contribution is 2.15. The van der Waals surface area contributed by atoms with Crippen molar-refractivity contribution in [2.24, 2.45) is 5.41 Å². The first-order valence-corrected chi connectivity index (χ1v) is 5.52. The quantitative estimate of drug-likeness (QED) is 0.486. The van der Waals surface area contributed by atoms with Crippen LogP contribution in [0, 0.1) is 5.41 Å². The molecule has 0 unspecified atom stereocenters. The highest BCUT2D eigenvalue weighted by atomic mass is 16.5. The zero-order chi connectivity index (χ0) is 11.2. The van der Waals surface area contributed by atoms with Gasteiger partial charge in [-0.3, -0.25) is 0 Å². The zero-order valence-corrected chi connectivity index (χ0v) is 10.7. The Morgan fingerprint density at radius 1 is 1.00 bits per heavy atom. The largest absolute Gasteiger partial charge is 0.376 e. The Hall–Kier alpha value is -0.300. The van der Waals surface area contributed by atoms with Crippen LogP contribution in [0.25, 0.3) is 0 Å². The van der Waals surface area contributed by atoms with E-state index in [0.29, 0.717) is 5.41 Å². The van der Waals surface area contributed by atoms with Crippen molar-refractivity contribution in [2.45, 2.75) is 60.0 Å². The Morgan fingerprint density at radius 2 is 1.57 bits per heavy atom. The van der Waals surface area contributed by atoms with Crippen LogP contribution in [0.4, 0.5) is 0 Å². The van der Waals surface area contributed by atoms with Crippen LogP contribution in [0.5, 0.6) is 0 Å². The van der Waals surface area contributed by atoms with Gasteiger partial charge in [0, 0.05) is 6.61 Å². The molecule has 0 aromatic heterocycles. The average molecular weight is 198 g/mol. The van der Waals surface area contributed by atoms with Crippen molar-refractivity contribution in [3.63, 3.8) is 0 Å². The van der Waals surface area contributed by atoms with Crippen molar-refractivity contribution in [3.8, 4) is 0 Å². The van der Waals surface area contributed by atoms with Crippen molar-refractivity contribution < 1.29 is 4.74 Å². The van der Waals surface area contributed by atoms with Crippen LogP contribution in [0.2, 0.25) is 0 Å². The summed E-state index contributed by atoms with van der Waals surface area (Å²) in [5.41, 5.74) is 0.318. The fraction of sp³-hybridized carbons (Fsp3) is 0.846. The van der Waals surface area contributed by atoms with Gasteiger partial charge in [-0.2, -0.15) is 0 Å². The van der Waals surface area contributed by atoms with Crippen LogP contribution < -0.4 is 0 Å². The summed E-state index contributed by atoms with van der Waals surface area (Å²) in [6.07, 6.45) is 6.76. The molecule has 0 aliphatic carbocycles. The number of ether oxygens (including phenoxy) is 1. The zero-order valence-electron chi connectivity index (χ0n) is 10.7. The van der Waals surface area contributed by atoms with Crippen LogP contribution in [0.3, 0.4) is 0 Å². The van der Waals surface area contributed by atoms with Gasteiger partial charge >= 0.3 is 0 Å². The molecule has 0 heterocycles. The Balaban J connectivity index is 3.44. The molecule has 0 aromatic rings. The Morgan fingerprint density at radius 3 is 2.00 bits per heavy atom. The van der Waals surface area contributed by atoms with Gasteiger partial charge in [0.2, 0.25) is 0 Å². The van der Waals surface area contributed by atoms with Crippen LogP contribution in [-0.2, 0) is 4.74 Å². The van der Waals surface area contributed by atoms with E-state index in [9.17, 15) is 0 Å². The van der Waals surface area contributed by atoms with E-state index in [-0.39, 0.29) is 5.60 Å². The van der Waals surface area contributed by atoms with E-state index < -0.39 is 0 Å². The minimum Gasteiger partial charge on any atom is -0.376 e. The first-order chi connectivity index (χ1) is 6.21. The summed E-state index contributed by atoms with van der Waals surface area (Å²) in [5, 5.41) is 0. The lowest BCUT2D eigenvalue weighted by Crippen LogP contribution is -2.19. The van der Waals surface area contributed by atoms with Gasteiger partial charge in [0.15, 0.2) is 0 Å². The molecule has 0 saturated heterocycles. The minimum absolute atomic E-state index is 0.00768. The lowest BCUT2D eigenvalue weighted by atomic mass is 9.96. The molecule has 0 aromatic carbocycles. The van der Waals surface area contributed by atoms with Gasteiger partial charge in [-0.25, -0.2) is 0 Å². The second-order valence-corrected chi connectivity index (χ2v) is 5.87. The number of unbranched alkanes of at least 4 members (excludes halogenated alkanes) is 1. The number of hydrogen-bond acceptors (Lipinski definition) is 1. The third-order valence-corrected chi connectivity index (χ3v) is 1.67. The maximum absolute atomic E-state index is 5.63. The number of rotatable bonds is 4. The van der Waals surface area contributed by atoms with Crippen molar-refractivity contribution in [3.05, 3.63) is 12.2 Å². The molecule has 0 rings (SSSR count). The number of hydrogen-bond donors (Lipinski definition) is 0. The van der Waals surface area contributed by atoms with Gasteiger partial charge in [-0.1, -0.05) is 32.9 Å². The predicted octanol–water partition coefficient (Wildman–Crippen LogP) is 4.18. The molecule has 0 fully saturated rings. The molecule has 0 bridgehead atoms. The molecule has 0 saturated carbocycles. The van der Waals surface area contributed by atoms with Gasteiger partial charge in [0.25, 0.3) is 0 Å². The van der Waals surface area contributed by atoms with Gasteiger partial charge in [0.05, 0.1) is 5.60 Å². The molecule has 84 valence electrons. The van der Waals surface area contributed by atoms with Gasteiger partial charge in [0.1, 0.15) is 0 Å². The fourth-order valence-electron chi connectivity index (χ4n) is 1.02. The molecule has 1 heteroatoms. The predicted molar refractivity (Wildman–Crippen MR) is 63.5 cm³/mol. The molecule has 0 aliphatic rings. The first kappa shape index (κ1) is 13.7. The first-order valence-electron chi connectivity index (χ1n) is 5.52. The topological polar surface area (TPSA) is 9.23 Å². The summed E-state index contributed by atoms with van der Waals surface area (Å²) in [6, 6.07) is 0. The van der Waals surface area contributed by atoms with Crippen LogP contribution in [-0.4, -0.2) is 12.2 Å². The second-order valence-electron chi connectivity index (χ2n) is 5.87. The Kier molecular flexibility index (Phi) is 5.43. The minimum atomic E-state index is 0.00768. The SMILES string of the molecule is CC(C)(C)C=CCCCOC(C)(C)C. The maximum Gasteiger partial charge on any atom is 0.0598 e. The van der Waals surface area contributed by atoms with Crippen LogP contribution in [0.1, 0.15) is 54.4 Å². The van der Waals surface area contributed by atoms with Crippen molar-refractivity contribution in [1.82, 2.24) is 0 Å². The summed E-state index contributed by atoms with van der Waals surface area (Å²) in [6.45, 7) is 13.8. The second kappa shape index (κ2) is 5.55. The fourth-order valence-corrected chi connectivity index (χ4v) is 1.02. The lowest BCUT2D eigenvalue weighted by Gasteiger charge is -2.19. The van der Waals surface area contributed by atoms with Crippen molar-refractivity contribution >= 4 is 0 Å². The van der Waals surface area contributed by atoms with Crippen LogP contribution >= 0.6 is 0 Å². The summed E-state index contributed by atoms with van der Waals surface area (Å²) in [5.74, 6) is 0. The molecule has 0 spiro atoms. The molecular formula is C13H26O. The highest BCUT2D eigenvalue weighted by Gasteiger charge is 2.08. The summed E-state index contributed by atoms with van der Waals surface area (Å²) in [4.78, 5) is 0. The van der Waals surface area contributed by atoms with E-state index >= 15 is 0 Å². The summed E-state index contributed by atoms with van der Waals surface area (Å²) >= 11 is 0. The van der Waals surface area contributed by atoms with E-state index in [1.165, 1.54) is 0 Å². The summed E-state index contributed by atoms with van der Waals surface area (Å²) in [7, 11) is 0. The van der Waals surface area contributed by atoms with E-state index in [1.54, 1.807) is 0 Å². The van der Waals surface area contributed by atoms with Gasteiger partial charge in [-0.15, -0.1) is 0 Å². The van der Waals surface area contributed by atoms with Crippen LogP contribution in [0.15, 0.2) is 12.2 Å². The van der Waals surface area contributed by atoms with E-state index in [0.717, 1.165) is 19.4 Å². The summed E-state index contributed by atoms with van der Waals surface area (Å²) < 4.78 is 5.63. The number of allylic oxidation sites excluding steroid dienone is 2. The third-order valence-electron chi connectivity index (χ3n) is 1.67. The smallest absolute Gasteiger partial charge is 0.0598 e. The van der Waals surface area contributed by atoms with Crippen molar-refractivity contribution in [2.75, 3.05) is 6.61 Å². The molecule has 0 amide bonds. The van der Waals surface area contributed by atoms with Gasteiger partial charge in [-0.05, 0) is 39.0 Å². The van der Waals surface area contributed by atoms with E-state index in [2.05, 4.69) is 53.7 Å². The third kappa shape index (κ3) is 11.7. The standard InChI is InChI=1S/C13H26O/c1-12(2,3)10-8-7-9-11-14-13(4,5)6/h8,10H,7,9,11H2,1-6H3. The molecule has 0 aliphatic heterocycles. The molecule has 0 atom stereocenters. The molecule has 0 radical (unpaired) electrons. The maximum atomic E-state index is 5.63. The monoisotopic (exact) mass is 198 g/mol. The van der Waals surface area contributed by atoms with E-state index in [1.807, 2.05) is 0 Å². The normalized spacial score (nSPS) is 13.9. The van der Waals surface area contributed by atoms with Gasteiger partial charge < -0.3 is 4.74 Å². The molecular weight excluding hydrogens is 172 g/mol. The lowest BCUT2D eigenvalue weighted by molar-refractivity contribution is -0.00364. The Labute approximate surface area is 89.5 Å².